The molecule has 0 radical (unpaired) electrons. The second-order valence-electron chi connectivity index (χ2n) is 7.34. The van der Waals surface area contributed by atoms with E-state index in [1.165, 1.54) is 10.9 Å². The van der Waals surface area contributed by atoms with Crippen molar-refractivity contribution in [3.63, 3.8) is 0 Å². The van der Waals surface area contributed by atoms with Crippen molar-refractivity contribution in [2.75, 3.05) is 5.75 Å². The minimum absolute atomic E-state index is 0.0398. The monoisotopic (exact) mass is 374 g/mol. The standard InChI is InChI=1S/C19H22N2O4S/c1-6-21-18(24)13(8-20-21)15(22)12-7-10(2)16-14(11(12)3)17(23)19(4,5)9-26(16)25/h7-8,20H,6,9H2,1-5H3. The molecular formula is C19H22N2O4S. The van der Waals surface area contributed by atoms with Gasteiger partial charge in [0.1, 0.15) is 5.56 Å². The summed E-state index contributed by atoms with van der Waals surface area (Å²) in [6, 6.07) is 1.64. The summed E-state index contributed by atoms with van der Waals surface area (Å²) in [7, 11) is -1.30. The van der Waals surface area contributed by atoms with Gasteiger partial charge in [-0.05, 0) is 38.0 Å². The van der Waals surface area contributed by atoms with Gasteiger partial charge in [-0.15, -0.1) is 0 Å². The Morgan fingerprint density at radius 1 is 1.27 bits per heavy atom. The van der Waals surface area contributed by atoms with Gasteiger partial charge in [-0.1, -0.05) is 13.8 Å². The first-order valence-corrected chi connectivity index (χ1v) is 9.82. The molecule has 0 saturated heterocycles. The molecule has 1 aromatic heterocycles. The van der Waals surface area contributed by atoms with E-state index in [0.29, 0.717) is 33.7 Å². The fourth-order valence-corrected chi connectivity index (χ4v) is 5.27. The normalized spacial score (nSPS) is 18.7. The minimum Gasteiger partial charge on any atom is -0.302 e. The van der Waals surface area contributed by atoms with Crippen molar-refractivity contribution in [2.24, 2.45) is 5.41 Å². The van der Waals surface area contributed by atoms with Crippen LogP contribution in [0.4, 0.5) is 0 Å². The van der Waals surface area contributed by atoms with E-state index in [0.717, 1.165) is 0 Å². The molecule has 0 bridgehead atoms. The Kier molecular flexibility index (Phi) is 4.38. The Hall–Kier alpha value is -2.28. The molecule has 1 aliphatic rings. The van der Waals surface area contributed by atoms with Gasteiger partial charge in [0.15, 0.2) is 11.6 Å². The van der Waals surface area contributed by atoms with E-state index in [4.69, 9.17) is 0 Å². The Labute approximate surface area is 154 Å². The lowest BCUT2D eigenvalue weighted by atomic mass is 9.81. The van der Waals surface area contributed by atoms with Crippen LogP contribution in [0.5, 0.6) is 0 Å². The molecule has 2 aromatic rings. The number of rotatable bonds is 3. The van der Waals surface area contributed by atoms with Crippen molar-refractivity contribution in [1.82, 2.24) is 9.78 Å². The van der Waals surface area contributed by atoms with E-state index >= 15 is 0 Å². The summed E-state index contributed by atoms with van der Waals surface area (Å²) in [6.45, 7) is 9.21. The SMILES string of the molecule is CCn1[nH]cc(C(=O)c2cc(C)c3c(c2C)C(=O)C(C)(C)CS3=O)c1=O. The molecule has 7 heteroatoms. The predicted molar refractivity (Wildman–Crippen MR) is 99.5 cm³/mol. The van der Waals surface area contributed by atoms with Crippen LogP contribution in [-0.2, 0) is 17.3 Å². The van der Waals surface area contributed by atoms with E-state index in [1.807, 2.05) is 0 Å². The largest absolute Gasteiger partial charge is 0.302 e. The third kappa shape index (κ3) is 2.61. The molecule has 138 valence electrons. The first kappa shape index (κ1) is 18.5. The van der Waals surface area contributed by atoms with Crippen molar-refractivity contribution < 1.29 is 13.8 Å². The number of nitrogens with one attached hydrogen (secondary N) is 1. The van der Waals surface area contributed by atoms with E-state index < -0.39 is 22.0 Å². The van der Waals surface area contributed by atoms with Gasteiger partial charge in [0.05, 0.1) is 15.7 Å². The zero-order valence-corrected chi connectivity index (χ0v) is 16.4. The number of carbonyl (C=O) groups excluding carboxylic acids is 2. The fraction of sp³-hybridized carbons (Fsp3) is 0.421. The molecule has 0 spiro atoms. The third-order valence-corrected chi connectivity index (χ3v) is 6.90. The van der Waals surface area contributed by atoms with E-state index in [2.05, 4.69) is 5.10 Å². The molecule has 6 nitrogen and oxygen atoms in total. The number of H-pyrrole nitrogens is 1. The summed E-state index contributed by atoms with van der Waals surface area (Å²) in [5.74, 6) is -0.267. The first-order chi connectivity index (χ1) is 12.1. The molecule has 1 aromatic carbocycles. The number of fused-ring (bicyclic) bond motifs is 1. The molecule has 1 unspecified atom stereocenters. The average molecular weight is 374 g/mol. The zero-order chi connectivity index (χ0) is 19.4. The van der Waals surface area contributed by atoms with Crippen LogP contribution in [0.3, 0.4) is 0 Å². The number of aromatic amines is 1. The Balaban J connectivity index is 2.24. The molecule has 0 fully saturated rings. The van der Waals surface area contributed by atoms with Crippen molar-refractivity contribution in [1.29, 1.82) is 0 Å². The second-order valence-corrected chi connectivity index (χ2v) is 8.73. The predicted octanol–water partition coefficient (Wildman–Crippen LogP) is 2.37. The maximum Gasteiger partial charge on any atom is 0.277 e. The number of hydrogen-bond donors (Lipinski definition) is 1. The van der Waals surface area contributed by atoms with E-state index in [-0.39, 0.29) is 22.7 Å². The lowest BCUT2D eigenvalue weighted by Crippen LogP contribution is -2.37. The fourth-order valence-electron chi connectivity index (χ4n) is 3.45. The van der Waals surface area contributed by atoms with Gasteiger partial charge in [-0.2, -0.15) is 0 Å². The highest BCUT2D eigenvalue weighted by molar-refractivity contribution is 7.85. The van der Waals surface area contributed by atoms with Crippen LogP contribution in [0, 0.1) is 19.3 Å². The van der Waals surface area contributed by atoms with Crippen LogP contribution in [0.1, 0.15) is 58.2 Å². The summed E-state index contributed by atoms with van der Waals surface area (Å²) in [5, 5.41) is 2.77. The summed E-state index contributed by atoms with van der Waals surface area (Å²) >= 11 is 0. The van der Waals surface area contributed by atoms with Crippen molar-refractivity contribution in [3.05, 3.63) is 50.4 Å². The molecule has 0 amide bonds. The zero-order valence-electron chi connectivity index (χ0n) is 15.6. The van der Waals surface area contributed by atoms with Crippen LogP contribution in [0.15, 0.2) is 22.0 Å². The number of hydrogen-bond acceptors (Lipinski definition) is 4. The average Bonchev–Trinajstić information content (AvgIpc) is 2.94. The van der Waals surface area contributed by atoms with Gasteiger partial charge in [-0.3, -0.25) is 23.3 Å². The number of ketones is 2. The lowest BCUT2D eigenvalue weighted by molar-refractivity contribution is 0.0853. The molecule has 26 heavy (non-hydrogen) atoms. The molecular weight excluding hydrogens is 352 g/mol. The van der Waals surface area contributed by atoms with Crippen LogP contribution in [0.2, 0.25) is 0 Å². The summed E-state index contributed by atoms with van der Waals surface area (Å²) < 4.78 is 14.0. The summed E-state index contributed by atoms with van der Waals surface area (Å²) in [5.41, 5.74) is 0.714. The molecule has 2 heterocycles. The van der Waals surface area contributed by atoms with Gasteiger partial charge in [0.2, 0.25) is 0 Å². The van der Waals surface area contributed by atoms with Gasteiger partial charge in [0.25, 0.3) is 5.56 Å². The molecule has 0 aliphatic carbocycles. The van der Waals surface area contributed by atoms with Crippen LogP contribution < -0.4 is 5.56 Å². The topological polar surface area (TPSA) is 89.0 Å². The number of carbonyl (C=O) groups is 2. The minimum atomic E-state index is -1.30. The number of Topliss-reactive ketones (excluding diaryl/α,β-unsaturated/α-hetero) is 1. The molecule has 1 atom stereocenters. The Morgan fingerprint density at radius 2 is 1.92 bits per heavy atom. The Bertz CT molecular complexity index is 1030. The maximum atomic E-state index is 13.0. The second kappa shape index (κ2) is 6.16. The van der Waals surface area contributed by atoms with Gasteiger partial charge >= 0.3 is 0 Å². The molecule has 1 aliphatic heterocycles. The van der Waals surface area contributed by atoms with Gasteiger partial charge in [-0.25, -0.2) is 0 Å². The van der Waals surface area contributed by atoms with Crippen molar-refractivity contribution in [3.8, 4) is 0 Å². The quantitative estimate of drug-likeness (QED) is 0.836. The highest BCUT2D eigenvalue weighted by Gasteiger charge is 2.41. The summed E-state index contributed by atoms with van der Waals surface area (Å²) in [6.07, 6.45) is 1.40. The van der Waals surface area contributed by atoms with Crippen LogP contribution in [-0.4, -0.2) is 31.3 Å². The molecule has 1 N–H and O–H groups in total. The van der Waals surface area contributed by atoms with Gasteiger partial charge < -0.3 is 5.10 Å². The summed E-state index contributed by atoms with van der Waals surface area (Å²) in [4.78, 5) is 38.8. The highest BCUT2D eigenvalue weighted by Crippen LogP contribution is 2.38. The Morgan fingerprint density at radius 3 is 2.50 bits per heavy atom. The molecule has 3 rings (SSSR count). The highest BCUT2D eigenvalue weighted by atomic mass is 32.2. The smallest absolute Gasteiger partial charge is 0.277 e. The number of benzene rings is 1. The number of aryl methyl sites for hydroxylation is 2. The van der Waals surface area contributed by atoms with Gasteiger partial charge in [0, 0.05) is 35.0 Å². The maximum absolute atomic E-state index is 13.0. The third-order valence-electron chi connectivity index (χ3n) is 4.93. The van der Waals surface area contributed by atoms with Crippen LogP contribution in [0.25, 0.3) is 0 Å². The van der Waals surface area contributed by atoms with E-state index in [1.54, 1.807) is 40.7 Å². The number of nitrogens with zero attached hydrogens (tertiary/aromatic N) is 1. The van der Waals surface area contributed by atoms with E-state index in [9.17, 15) is 18.6 Å². The van der Waals surface area contributed by atoms with Crippen molar-refractivity contribution in [2.45, 2.75) is 46.1 Å². The first-order valence-electron chi connectivity index (χ1n) is 8.50. The lowest BCUT2D eigenvalue weighted by Gasteiger charge is -2.31. The number of aromatic nitrogens is 2. The van der Waals surface area contributed by atoms with Crippen molar-refractivity contribution >= 4 is 22.4 Å². The van der Waals surface area contributed by atoms with Crippen LogP contribution >= 0.6 is 0 Å². The molecule has 0 saturated carbocycles.